The molecule has 1 heterocycles. The largest absolute Gasteiger partial charge is 0.497 e. The van der Waals surface area contributed by atoms with Gasteiger partial charge in [0.05, 0.1) is 13.7 Å². The first-order valence-corrected chi connectivity index (χ1v) is 11.2. The molecule has 0 atom stereocenters. The van der Waals surface area contributed by atoms with Gasteiger partial charge in [0.2, 0.25) is 5.91 Å². The summed E-state index contributed by atoms with van der Waals surface area (Å²) in [5.74, 6) is 1.99. The van der Waals surface area contributed by atoms with Crippen molar-refractivity contribution in [2.45, 2.75) is 52.1 Å². The summed E-state index contributed by atoms with van der Waals surface area (Å²) >= 11 is 0. The van der Waals surface area contributed by atoms with E-state index in [1.54, 1.807) is 7.11 Å². The maximum Gasteiger partial charge on any atom is 0.222 e. The molecule has 0 saturated carbocycles. The van der Waals surface area contributed by atoms with Crippen LogP contribution in [-0.4, -0.2) is 63.2 Å². The molecule has 1 aromatic carbocycles. The fraction of sp³-hybridized carbons (Fsp3) is 0.652. The minimum Gasteiger partial charge on any atom is -0.497 e. The lowest BCUT2D eigenvalue weighted by atomic mass is 10.2. The van der Waals surface area contributed by atoms with Crippen molar-refractivity contribution in [3.8, 4) is 5.75 Å². The fourth-order valence-electron chi connectivity index (χ4n) is 3.36. The highest BCUT2D eigenvalue weighted by molar-refractivity contribution is 5.79. The second-order valence-corrected chi connectivity index (χ2v) is 7.49. The second kappa shape index (κ2) is 14.7. The lowest BCUT2D eigenvalue weighted by Gasteiger charge is -2.20. The molecule has 0 bridgehead atoms. The highest BCUT2D eigenvalue weighted by atomic mass is 16.5. The van der Waals surface area contributed by atoms with Crippen molar-refractivity contribution in [3.63, 3.8) is 0 Å². The third-order valence-corrected chi connectivity index (χ3v) is 5.06. The van der Waals surface area contributed by atoms with Crippen molar-refractivity contribution >= 4 is 11.9 Å². The molecule has 0 radical (unpaired) electrons. The number of aliphatic imine (C=N–C) groups is 1. The number of hydrogen-bond acceptors (Lipinski definition) is 4. The summed E-state index contributed by atoms with van der Waals surface area (Å²) in [6.45, 7) is 7.41. The number of rotatable bonds is 12. The van der Waals surface area contributed by atoms with Crippen LogP contribution in [0.2, 0.25) is 0 Å². The first kappa shape index (κ1) is 24.0. The van der Waals surface area contributed by atoms with Crippen molar-refractivity contribution in [3.05, 3.63) is 29.8 Å². The van der Waals surface area contributed by atoms with Crippen LogP contribution in [0.1, 0.15) is 51.0 Å². The predicted octanol–water partition coefficient (Wildman–Crippen LogP) is 2.95. The molecule has 2 rings (SSSR count). The number of hydrogen-bond donors (Lipinski definition) is 2. The van der Waals surface area contributed by atoms with Gasteiger partial charge in [0.15, 0.2) is 5.96 Å². The molecule has 30 heavy (non-hydrogen) atoms. The maximum absolute atomic E-state index is 12.0. The molecule has 1 fully saturated rings. The average Bonchev–Trinajstić information content (AvgIpc) is 2.97. The zero-order chi connectivity index (χ0) is 21.4. The van der Waals surface area contributed by atoms with E-state index in [-0.39, 0.29) is 0 Å². The van der Waals surface area contributed by atoms with E-state index in [9.17, 15) is 4.79 Å². The summed E-state index contributed by atoms with van der Waals surface area (Å²) in [6.07, 6.45) is 5.83. The van der Waals surface area contributed by atoms with Gasteiger partial charge in [-0.2, -0.15) is 0 Å². The van der Waals surface area contributed by atoms with Crippen molar-refractivity contribution in [1.29, 1.82) is 0 Å². The predicted molar refractivity (Wildman–Crippen MR) is 121 cm³/mol. The zero-order valence-electron chi connectivity index (χ0n) is 18.6. The number of carbonyl (C=O) groups is 1. The topological polar surface area (TPSA) is 75.2 Å². The Hall–Kier alpha value is -2.28. The lowest BCUT2D eigenvalue weighted by Crippen LogP contribution is -2.38. The Kier molecular flexibility index (Phi) is 11.7. The SMILES string of the molecule is CCNC(=NCCCN1CCCCCC1=O)NCCCOCc1ccc(OC)cc1. The molecule has 168 valence electrons. The molecule has 7 heteroatoms. The first-order valence-electron chi connectivity index (χ1n) is 11.2. The van der Waals surface area contributed by atoms with E-state index >= 15 is 0 Å². The van der Waals surface area contributed by atoms with Gasteiger partial charge < -0.3 is 25.0 Å². The number of likely N-dealkylation sites (tertiary alicyclic amines) is 1. The molecule has 0 aliphatic carbocycles. The maximum atomic E-state index is 12.0. The molecular weight excluding hydrogens is 380 g/mol. The summed E-state index contributed by atoms with van der Waals surface area (Å²) in [6, 6.07) is 7.93. The number of carbonyl (C=O) groups excluding carboxylic acids is 1. The number of nitrogens with one attached hydrogen (secondary N) is 2. The molecule has 0 spiro atoms. The molecular formula is C23H38N4O3. The smallest absolute Gasteiger partial charge is 0.222 e. The highest BCUT2D eigenvalue weighted by Gasteiger charge is 2.15. The number of benzene rings is 1. The Morgan fingerprint density at radius 1 is 1.13 bits per heavy atom. The average molecular weight is 419 g/mol. The first-order chi connectivity index (χ1) is 14.7. The van der Waals surface area contributed by atoms with Crippen molar-refractivity contribution in [1.82, 2.24) is 15.5 Å². The van der Waals surface area contributed by atoms with E-state index in [0.717, 1.165) is 69.1 Å². The van der Waals surface area contributed by atoms with Crippen LogP contribution in [0, 0.1) is 0 Å². The molecule has 1 aliphatic heterocycles. The van der Waals surface area contributed by atoms with Crippen molar-refractivity contribution < 1.29 is 14.3 Å². The van der Waals surface area contributed by atoms with E-state index in [2.05, 4.69) is 22.5 Å². The van der Waals surface area contributed by atoms with Crippen LogP contribution in [0.25, 0.3) is 0 Å². The summed E-state index contributed by atoms with van der Waals surface area (Å²) < 4.78 is 10.9. The Labute approximate surface area is 181 Å². The second-order valence-electron chi connectivity index (χ2n) is 7.49. The van der Waals surface area contributed by atoms with Crippen LogP contribution in [0.5, 0.6) is 5.75 Å². The van der Waals surface area contributed by atoms with Gasteiger partial charge in [-0.05, 0) is 50.3 Å². The van der Waals surface area contributed by atoms with Crippen LogP contribution in [0.15, 0.2) is 29.3 Å². The zero-order valence-corrected chi connectivity index (χ0v) is 18.6. The quantitative estimate of drug-likeness (QED) is 0.310. The molecule has 1 saturated heterocycles. The van der Waals surface area contributed by atoms with Gasteiger partial charge in [0, 0.05) is 45.8 Å². The molecule has 2 N–H and O–H groups in total. The van der Waals surface area contributed by atoms with E-state index in [1.807, 2.05) is 29.2 Å². The lowest BCUT2D eigenvalue weighted by molar-refractivity contribution is -0.130. The van der Waals surface area contributed by atoms with E-state index in [1.165, 1.54) is 6.42 Å². The van der Waals surface area contributed by atoms with Gasteiger partial charge in [0.1, 0.15) is 5.75 Å². The van der Waals surface area contributed by atoms with Crippen LogP contribution in [-0.2, 0) is 16.1 Å². The minimum absolute atomic E-state index is 0.302. The fourth-order valence-corrected chi connectivity index (χ4v) is 3.36. The summed E-state index contributed by atoms with van der Waals surface area (Å²) in [4.78, 5) is 18.7. The van der Waals surface area contributed by atoms with E-state index < -0.39 is 0 Å². The Morgan fingerprint density at radius 2 is 1.97 bits per heavy atom. The molecule has 0 aromatic heterocycles. The molecule has 0 unspecified atom stereocenters. The summed E-state index contributed by atoms with van der Waals surface area (Å²) in [7, 11) is 1.67. The van der Waals surface area contributed by atoms with Crippen LogP contribution in [0.4, 0.5) is 0 Å². The minimum atomic E-state index is 0.302. The Balaban J connectivity index is 1.58. The van der Waals surface area contributed by atoms with Crippen molar-refractivity contribution in [2.24, 2.45) is 4.99 Å². The molecule has 7 nitrogen and oxygen atoms in total. The normalized spacial score (nSPS) is 15.1. The van der Waals surface area contributed by atoms with Gasteiger partial charge in [-0.15, -0.1) is 0 Å². The Morgan fingerprint density at radius 3 is 2.73 bits per heavy atom. The van der Waals surface area contributed by atoms with Gasteiger partial charge in [-0.1, -0.05) is 18.6 Å². The van der Waals surface area contributed by atoms with Gasteiger partial charge in [0.25, 0.3) is 0 Å². The van der Waals surface area contributed by atoms with Gasteiger partial charge >= 0.3 is 0 Å². The number of amides is 1. The van der Waals surface area contributed by atoms with Gasteiger partial charge in [-0.25, -0.2) is 0 Å². The van der Waals surface area contributed by atoms with E-state index in [4.69, 9.17) is 9.47 Å². The number of ether oxygens (including phenoxy) is 2. The molecule has 1 amide bonds. The standard InChI is InChI=1S/C23H38N4O3/c1-3-24-23(25-14-7-17-27-16-6-4-5-9-22(27)28)26-15-8-18-30-19-20-10-12-21(29-2)13-11-20/h10-13H,3-9,14-19H2,1-2H3,(H2,24,25,26). The van der Waals surface area contributed by atoms with E-state index in [0.29, 0.717) is 32.1 Å². The summed E-state index contributed by atoms with van der Waals surface area (Å²) in [5, 5.41) is 6.63. The molecule has 1 aromatic rings. The summed E-state index contributed by atoms with van der Waals surface area (Å²) in [5.41, 5.74) is 1.14. The number of nitrogens with zero attached hydrogens (tertiary/aromatic N) is 2. The monoisotopic (exact) mass is 418 g/mol. The Bertz CT molecular complexity index is 634. The molecule has 1 aliphatic rings. The van der Waals surface area contributed by atoms with Crippen molar-refractivity contribution in [2.75, 3.05) is 46.4 Å². The third kappa shape index (κ3) is 9.48. The third-order valence-electron chi connectivity index (χ3n) is 5.06. The van der Waals surface area contributed by atoms with Crippen LogP contribution < -0.4 is 15.4 Å². The highest BCUT2D eigenvalue weighted by Crippen LogP contribution is 2.12. The van der Waals surface area contributed by atoms with Gasteiger partial charge in [-0.3, -0.25) is 9.79 Å². The number of methoxy groups -OCH3 is 1. The van der Waals surface area contributed by atoms with Crippen LogP contribution in [0.3, 0.4) is 0 Å². The number of guanidine groups is 1. The van der Waals surface area contributed by atoms with Crippen LogP contribution >= 0.6 is 0 Å².